The molecule has 18 heavy (non-hydrogen) atoms. The molecule has 0 radical (unpaired) electrons. The Morgan fingerprint density at radius 2 is 0.667 bits per heavy atom. The van der Waals surface area contributed by atoms with Gasteiger partial charge in [-0.2, -0.15) is 0 Å². The Morgan fingerprint density at radius 3 is 0.833 bits per heavy atom. The molecule has 0 unspecified atom stereocenters. The van der Waals surface area contributed by atoms with E-state index >= 15 is 0 Å². The Kier molecular flexibility index (Phi) is 11.3. The van der Waals surface area contributed by atoms with Gasteiger partial charge in [-0.25, -0.2) is 0 Å². The predicted octanol–water partition coefficient (Wildman–Crippen LogP) is 6.78. The van der Waals surface area contributed by atoms with E-state index in [1.54, 1.807) is 48.3 Å². The van der Waals surface area contributed by atoms with Gasteiger partial charge >= 0.3 is 127 Å². The van der Waals surface area contributed by atoms with Gasteiger partial charge in [-0.05, 0) is 0 Å². The van der Waals surface area contributed by atoms with Crippen molar-refractivity contribution in [3.63, 3.8) is 0 Å². The van der Waals surface area contributed by atoms with Crippen molar-refractivity contribution in [3.05, 3.63) is 0 Å². The van der Waals surface area contributed by atoms with Gasteiger partial charge in [-0.15, -0.1) is 0 Å². The fraction of sp³-hybridized carbons (Fsp3) is 1.00. The van der Waals surface area contributed by atoms with E-state index in [0.29, 0.717) is 0 Å². The van der Waals surface area contributed by atoms with Crippen LogP contribution in [0.1, 0.15) is 54.4 Å². The zero-order valence-electron chi connectivity index (χ0n) is 14.1. The number of hydrogen-bond donors (Lipinski definition) is 0. The van der Waals surface area contributed by atoms with Crippen LogP contribution in [0.4, 0.5) is 0 Å². The summed E-state index contributed by atoms with van der Waals surface area (Å²) in [6.07, 6.45) is 3.18. The van der Waals surface area contributed by atoms with E-state index in [0.717, 1.165) is 0 Å². The molecule has 0 rings (SSSR count). The Labute approximate surface area is 125 Å². The fourth-order valence-electron chi connectivity index (χ4n) is 3.56. The van der Waals surface area contributed by atoms with E-state index in [1.807, 2.05) is 0 Å². The van der Waals surface area contributed by atoms with Crippen LogP contribution in [-0.2, 0) is 0 Å². The number of hydrogen-bond acceptors (Lipinski definition) is 0. The predicted molar refractivity (Wildman–Crippen MR) is 93.2 cm³/mol. The molecule has 0 N–H and O–H groups in total. The second-order valence-electron chi connectivity index (χ2n) is 6.33. The molecule has 0 aromatic heterocycles. The van der Waals surface area contributed by atoms with Crippen LogP contribution in [0.15, 0.2) is 0 Å². The number of rotatable bonds is 11. The van der Waals surface area contributed by atoms with E-state index in [4.69, 9.17) is 0 Å². The molecule has 0 aliphatic carbocycles. The monoisotopic (exact) mass is 470 g/mol. The van der Waals surface area contributed by atoms with E-state index in [1.165, 1.54) is 0 Å². The van der Waals surface area contributed by atoms with Crippen LogP contribution in [0.3, 0.4) is 0 Å². The second kappa shape index (κ2) is 10.3. The maximum atomic E-state index is 2.48. The zero-order valence-corrected chi connectivity index (χ0v) is 19.8. The quantitative estimate of drug-likeness (QED) is 0.232. The normalized spacial score (nSPS) is 13.0. The maximum absolute atomic E-state index is 2.48. The molecule has 0 atom stereocenters. The first kappa shape index (κ1) is 19.6. The van der Waals surface area contributed by atoms with Crippen LogP contribution in [0.5, 0.6) is 0 Å². The molecule has 0 aliphatic rings. The second-order valence-corrected chi connectivity index (χ2v) is 38.4. The van der Waals surface area contributed by atoms with Crippen LogP contribution in [0.25, 0.3) is 0 Å². The average Bonchev–Trinajstić information content (AvgIpc) is 2.45. The van der Waals surface area contributed by atoms with Crippen LogP contribution in [0.2, 0.25) is 35.5 Å². The summed E-state index contributed by atoms with van der Waals surface area (Å²) in [5.74, 6) is 0. The van der Waals surface area contributed by atoms with Crippen LogP contribution in [-0.4, -0.2) is 36.8 Å². The van der Waals surface area contributed by atoms with Crippen molar-refractivity contribution in [1.82, 2.24) is 0 Å². The van der Waals surface area contributed by atoms with Crippen molar-refractivity contribution in [2.24, 2.45) is 0 Å². The van der Waals surface area contributed by atoms with Crippen molar-refractivity contribution in [2.75, 3.05) is 0 Å². The van der Waals surface area contributed by atoms with Crippen molar-refractivity contribution in [1.29, 1.82) is 0 Å². The SMILES string of the molecule is C[CH2][Sn]([CH2]C)([CH2]C)[CH2]CC[CH2][Sn]([CH2]C)([CH2]C)[CH2]C. The van der Waals surface area contributed by atoms with E-state index in [-0.39, 0.29) is 0 Å². The Hall–Kier alpha value is 1.60. The molecule has 0 fully saturated rings. The Bertz CT molecular complexity index is 155. The Morgan fingerprint density at radius 1 is 0.444 bits per heavy atom. The molecular weight excluding hydrogens is 430 g/mol. The van der Waals surface area contributed by atoms with Gasteiger partial charge in [-0.1, -0.05) is 0 Å². The average molecular weight is 468 g/mol. The van der Waals surface area contributed by atoms with Gasteiger partial charge in [0.1, 0.15) is 0 Å². The van der Waals surface area contributed by atoms with E-state index in [2.05, 4.69) is 41.5 Å². The van der Waals surface area contributed by atoms with Crippen molar-refractivity contribution < 1.29 is 0 Å². The summed E-state index contributed by atoms with van der Waals surface area (Å²) in [7, 11) is 0. The first-order valence-corrected chi connectivity index (χ1v) is 24.7. The van der Waals surface area contributed by atoms with Gasteiger partial charge in [0.15, 0.2) is 0 Å². The van der Waals surface area contributed by atoms with Crippen molar-refractivity contribution in [2.45, 2.75) is 89.9 Å². The molecule has 0 saturated carbocycles. The first-order chi connectivity index (χ1) is 8.57. The van der Waals surface area contributed by atoms with Crippen molar-refractivity contribution >= 4 is 36.8 Å². The topological polar surface area (TPSA) is 0 Å². The van der Waals surface area contributed by atoms with Crippen LogP contribution >= 0.6 is 0 Å². The standard InChI is InChI=1S/C4H8.6C2H5.2Sn/c1-3-4-2;6*1-2;;/h1-4H2;6*1H2,2H3;;. The third-order valence-electron chi connectivity index (χ3n) is 6.16. The molecule has 0 aromatic rings. The van der Waals surface area contributed by atoms with Gasteiger partial charge in [-0.3, -0.25) is 0 Å². The molecular formula is C16H38Sn2. The first-order valence-electron chi connectivity index (χ1n) is 8.57. The summed E-state index contributed by atoms with van der Waals surface area (Å²) >= 11 is -3.17. The molecule has 0 bridgehead atoms. The molecule has 0 heterocycles. The molecule has 0 amide bonds. The molecule has 0 nitrogen and oxygen atoms in total. The summed E-state index contributed by atoms with van der Waals surface area (Å²) in [5.41, 5.74) is 0. The minimum atomic E-state index is -1.58. The van der Waals surface area contributed by atoms with Gasteiger partial charge < -0.3 is 0 Å². The Balaban J connectivity index is 4.11. The minimum absolute atomic E-state index is 1.58. The van der Waals surface area contributed by atoms with Gasteiger partial charge in [0.2, 0.25) is 0 Å². The summed E-state index contributed by atoms with van der Waals surface area (Å²) < 4.78 is 12.9. The van der Waals surface area contributed by atoms with Gasteiger partial charge in [0.05, 0.1) is 0 Å². The van der Waals surface area contributed by atoms with Crippen LogP contribution in [0, 0.1) is 0 Å². The van der Waals surface area contributed by atoms with Crippen LogP contribution < -0.4 is 0 Å². The fourth-order valence-corrected chi connectivity index (χ4v) is 23.9. The molecule has 0 saturated heterocycles. The summed E-state index contributed by atoms with van der Waals surface area (Å²) in [6.45, 7) is 14.9. The van der Waals surface area contributed by atoms with E-state index in [9.17, 15) is 0 Å². The van der Waals surface area contributed by atoms with Gasteiger partial charge in [0.25, 0.3) is 0 Å². The third kappa shape index (κ3) is 5.93. The number of unbranched alkanes of at least 4 members (excludes halogenated alkanes) is 1. The summed E-state index contributed by atoms with van der Waals surface area (Å²) in [6, 6.07) is 0. The van der Waals surface area contributed by atoms with Crippen molar-refractivity contribution in [3.8, 4) is 0 Å². The molecule has 0 spiro atoms. The zero-order chi connectivity index (χ0) is 14.1. The third-order valence-corrected chi connectivity index (χ3v) is 39.9. The van der Waals surface area contributed by atoms with Gasteiger partial charge in [0, 0.05) is 0 Å². The summed E-state index contributed by atoms with van der Waals surface area (Å²) in [5, 5.41) is 0. The molecule has 2 heteroatoms. The molecule has 0 aliphatic heterocycles. The van der Waals surface area contributed by atoms with E-state index < -0.39 is 36.8 Å². The molecule has 0 aromatic carbocycles. The molecule has 110 valence electrons. The summed E-state index contributed by atoms with van der Waals surface area (Å²) in [4.78, 5) is 0.